The Morgan fingerprint density at radius 1 is 1.59 bits per heavy atom. The second-order valence-electron chi connectivity index (χ2n) is 3.47. The van der Waals surface area contributed by atoms with Crippen molar-refractivity contribution in [2.24, 2.45) is 0 Å². The molecule has 0 spiro atoms. The molecule has 2 unspecified atom stereocenters. The van der Waals surface area contributed by atoms with Crippen LogP contribution in [0.5, 0.6) is 0 Å². The number of esters is 1. The van der Waals surface area contributed by atoms with Crippen molar-refractivity contribution < 1.29 is 19.7 Å². The van der Waals surface area contributed by atoms with Crippen LogP contribution in [0.2, 0.25) is 5.28 Å². The zero-order valence-corrected chi connectivity index (χ0v) is 10.2. The number of aromatic nitrogens is 2. The van der Waals surface area contributed by atoms with Crippen LogP contribution in [0.15, 0.2) is 6.20 Å². The van der Waals surface area contributed by atoms with Gasteiger partial charge in [-0.1, -0.05) is 0 Å². The normalized spacial score (nSPS) is 14.2. The molecule has 1 rings (SSSR count). The van der Waals surface area contributed by atoms with Gasteiger partial charge in [0.05, 0.1) is 19.6 Å². The summed E-state index contributed by atoms with van der Waals surface area (Å²) in [6.07, 6.45) is -1.52. The summed E-state index contributed by atoms with van der Waals surface area (Å²) in [6.45, 7) is 1.62. The highest BCUT2D eigenvalue weighted by molar-refractivity contribution is 6.28. The summed E-state index contributed by atoms with van der Waals surface area (Å²) >= 11 is 5.57. The zero-order chi connectivity index (χ0) is 13.0. The lowest BCUT2D eigenvalue weighted by molar-refractivity contribution is -0.144. The molecule has 0 radical (unpaired) electrons. The fourth-order valence-corrected chi connectivity index (χ4v) is 1.49. The van der Waals surface area contributed by atoms with Gasteiger partial charge in [-0.3, -0.25) is 4.79 Å². The molecule has 0 aromatic carbocycles. The Morgan fingerprint density at radius 2 is 2.24 bits per heavy atom. The molecule has 1 aromatic rings. The van der Waals surface area contributed by atoms with Crippen LogP contribution in [0.1, 0.15) is 23.8 Å². The molecule has 0 saturated carbocycles. The van der Waals surface area contributed by atoms with Gasteiger partial charge in [-0.25, -0.2) is 9.97 Å². The Balaban J connectivity index is 2.81. The summed E-state index contributed by atoms with van der Waals surface area (Å²) in [4.78, 5) is 18.5. The highest BCUT2D eigenvalue weighted by Gasteiger charge is 2.24. The number of halogens is 1. The molecule has 1 aromatic heterocycles. The van der Waals surface area contributed by atoms with Gasteiger partial charge in [0.2, 0.25) is 5.28 Å². The Labute approximate surface area is 103 Å². The quantitative estimate of drug-likeness (QED) is 0.601. The number of hydrogen-bond acceptors (Lipinski definition) is 6. The number of rotatable bonds is 4. The zero-order valence-electron chi connectivity index (χ0n) is 9.42. The van der Waals surface area contributed by atoms with Crippen molar-refractivity contribution in [3.8, 4) is 0 Å². The SMILES string of the molecule is COC(=O)CC(O)C(O)c1cnc(Cl)nc1C. The standard InChI is InChI=1S/C10H13ClN2O4/c1-5-6(4-12-10(11)13-5)9(16)7(14)3-8(15)17-2/h4,7,9,14,16H,3H2,1-2H3. The number of aryl methyl sites for hydroxylation is 1. The lowest BCUT2D eigenvalue weighted by Crippen LogP contribution is -2.23. The third kappa shape index (κ3) is 3.62. The molecule has 0 bridgehead atoms. The predicted molar refractivity (Wildman–Crippen MR) is 59.4 cm³/mol. The monoisotopic (exact) mass is 260 g/mol. The first-order valence-electron chi connectivity index (χ1n) is 4.87. The molecular formula is C10H13ClN2O4. The molecule has 0 aliphatic rings. The number of hydrogen-bond donors (Lipinski definition) is 2. The molecule has 0 aliphatic heterocycles. The molecule has 0 aliphatic carbocycles. The highest BCUT2D eigenvalue weighted by atomic mass is 35.5. The van der Waals surface area contributed by atoms with Crippen molar-refractivity contribution in [2.75, 3.05) is 7.11 Å². The first-order chi connectivity index (χ1) is 7.95. The maximum Gasteiger partial charge on any atom is 0.308 e. The van der Waals surface area contributed by atoms with Crippen LogP contribution in [-0.2, 0) is 9.53 Å². The fraction of sp³-hybridized carbons (Fsp3) is 0.500. The number of methoxy groups -OCH3 is 1. The van der Waals surface area contributed by atoms with E-state index in [1.54, 1.807) is 6.92 Å². The van der Waals surface area contributed by atoms with Crippen LogP contribution in [0, 0.1) is 6.92 Å². The Kier molecular flexibility index (Phi) is 4.80. The first-order valence-corrected chi connectivity index (χ1v) is 5.25. The van der Waals surface area contributed by atoms with E-state index in [1.165, 1.54) is 13.3 Å². The van der Waals surface area contributed by atoms with Crippen LogP contribution in [0.3, 0.4) is 0 Å². The molecule has 0 amide bonds. The van der Waals surface area contributed by atoms with E-state index in [9.17, 15) is 15.0 Å². The van der Waals surface area contributed by atoms with Gasteiger partial charge >= 0.3 is 5.97 Å². The lowest BCUT2D eigenvalue weighted by Gasteiger charge is -2.18. The Morgan fingerprint density at radius 3 is 2.76 bits per heavy atom. The number of nitrogens with zero attached hydrogens (tertiary/aromatic N) is 2. The van der Waals surface area contributed by atoms with Gasteiger partial charge < -0.3 is 14.9 Å². The minimum Gasteiger partial charge on any atom is -0.469 e. The average Bonchev–Trinajstić information content (AvgIpc) is 2.28. The summed E-state index contributed by atoms with van der Waals surface area (Å²) in [5.74, 6) is -0.607. The smallest absolute Gasteiger partial charge is 0.308 e. The van der Waals surface area contributed by atoms with E-state index in [4.69, 9.17) is 11.6 Å². The van der Waals surface area contributed by atoms with E-state index < -0.39 is 18.2 Å². The average molecular weight is 261 g/mol. The summed E-state index contributed by atoms with van der Waals surface area (Å²) in [7, 11) is 1.21. The maximum absolute atomic E-state index is 11.0. The third-order valence-corrected chi connectivity index (χ3v) is 2.46. The minimum atomic E-state index is -1.27. The topological polar surface area (TPSA) is 92.5 Å². The molecule has 1 heterocycles. The number of ether oxygens (including phenoxy) is 1. The summed E-state index contributed by atoms with van der Waals surface area (Å²) in [6, 6.07) is 0. The van der Waals surface area contributed by atoms with Crippen molar-refractivity contribution in [1.29, 1.82) is 0 Å². The number of carbonyl (C=O) groups excluding carboxylic acids is 1. The van der Waals surface area contributed by atoms with Crippen molar-refractivity contribution in [2.45, 2.75) is 25.6 Å². The molecule has 0 saturated heterocycles. The van der Waals surface area contributed by atoms with Crippen LogP contribution < -0.4 is 0 Å². The van der Waals surface area contributed by atoms with Gasteiger partial charge in [0.1, 0.15) is 6.10 Å². The van der Waals surface area contributed by atoms with Gasteiger partial charge in [0, 0.05) is 17.5 Å². The van der Waals surface area contributed by atoms with E-state index >= 15 is 0 Å². The molecule has 0 fully saturated rings. The number of aliphatic hydroxyl groups excluding tert-OH is 2. The summed E-state index contributed by atoms with van der Waals surface area (Å²) < 4.78 is 4.39. The lowest BCUT2D eigenvalue weighted by atomic mass is 10.0. The van der Waals surface area contributed by atoms with E-state index in [1.807, 2.05) is 0 Å². The van der Waals surface area contributed by atoms with Crippen molar-refractivity contribution in [1.82, 2.24) is 9.97 Å². The largest absolute Gasteiger partial charge is 0.469 e. The van der Waals surface area contributed by atoms with Crippen LogP contribution >= 0.6 is 11.6 Å². The third-order valence-electron chi connectivity index (χ3n) is 2.27. The molecule has 2 atom stereocenters. The van der Waals surface area contributed by atoms with Crippen LogP contribution in [0.4, 0.5) is 0 Å². The molecule has 7 heteroatoms. The predicted octanol–water partition coefficient (Wildman–Crippen LogP) is 0.396. The Hall–Kier alpha value is -1.24. The van der Waals surface area contributed by atoms with Gasteiger partial charge in [0.15, 0.2) is 0 Å². The van der Waals surface area contributed by atoms with Crippen LogP contribution in [0.25, 0.3) is 0 Å². The van der Waals surface area contributed by atoms with Gasteiger partial charge in [0.25, 0.3) is 0 Å². The highest BCUT2D eigenvalue weighted by Crippen LogP contribution is 2.21. The van der Waals surface area contributed by atoms with Gasteiger partial charge in [-0.15, -0.1) is 0 Å². The number of aliphatic hydroxyl groups is 2. The van der Waals surface area contributed by atoms with Gasteiger partial charge in [-0.2, -0.15) is 0 Å². The first kappa shape index (κ1) is 13.8. The Bertz CT molecular complexity index is 413. The second kappa shape index (κ2) is 5.90. The molecule has 2 N–H and O–H groups in total. The van der Waals surface area contributed by atoms with Crippen molar-refractivity contribution in [3.63, 3.8) is 0 Å². The summed E-state index contributed by atoms with van der Waals surface area (Å²) in [5.41, 5.74) is 0.771. The fourth-order valence-electron chi connectivity index (χ4n) is 1.31. The molecule has 6 nitrogen and oxygen atoms in total. The molecular weight excluding hydrogens is 248 g/mol. The van der Waals surface area contributed by atoms with E-state index in [0.29, 0.717) is 11.3 Å². The van der Waals surface area contributed by atoms with Crippen LogP contribution in [-0.4, -0.2) is 39.4 Å². The van der Waals surface area contributed by atoms with E-state index in [-0.39, 0.29) is 11.7 Å². The van der Waals surface area contributed by atoms with Crippen molar-refractivity contribution in [3.05, 3.63) is 22.7 Å². The summed E-state index contributed by atoms with van der Waals surface area (Å²) in [5, 5.41) is 19.5. The van der Waals surface area contributed by atoms with E-state index in [2.05, 4.69) is 14.7 Å². The molecule has 94 valence electrons. The second-order valence-corrected chi connectivity index (χ2v) is 3.81. The maximum atomic E-state index is 11.0. The minimum absolute atomic E-state index is 0.0564. The number of carbonyl (C=O) groups is 1. The van der Waals surface area contributed by atoms with Gasteiger partial charge in [-0.05, 0) is 18.5 Å². The van der Waals surface area contributed by atoms with Crippen molar-refractivity contribution >= 4 is 17.6 Å². The molecule has 17 heavy (non-hydrogen) atoms. The van der Waals surface area contributed by atoms with E-state index in [0.717, 1.165) is 0 Å².